The minimum Gasteiger partial charge on any atom is -0.381 e. The van der Waals surface area contributed by atoms with Gasteiger partial charge < -0.3 is 5.32 Å². The van der Waals surface area contributed by atoms with E-state index in [1.807, 2.05) is 30.3 Å². The molecule has 2 aromatic carbocycles. The molecule has 0 aliphatic carbocycles. The molecule has 0 saturated heterocycles. The Kier molecular flexibility index (Phi) is 3.65. The molecule has 0 fully saturated rings. The summed E-state index contributed by atoms with van der Waals surface area (Å²) in [7, 11) is 0. The smallest absolute Gasteiger partial charge is 0.123 e. The van der Waals surface area contributed by atoms with E-state index in [9.17, 15) is 4.39 Å². The van der Waals surface area contributed by atoms with E-state index in [-0.39, 0.29) is 5.82 Å². The zero-order valence-electron chi connectivity index (χ0n) is 10.6. The quantitative estimate of drug-likeness (QED) is 0.749. The van der Waals surface area contributed by atoms with Gasteiger partial charge in [0.15, 0.2) is 0 Å². The summed E-state index contributed by atoms with van der Waals surface area (Å²) in [4.78, 5) is 4.28. The molecule has 0 unspecified atom stereocenters. The molecule has 0 bridgehead atoms. The molecule has 100 valence electrons. The minimum atomic E-state index is -0.229. The van der Waals surface area contributed by atoms with Crippen molar-refractivity contribution >= 4 is 32.5 Å². The summed E-state index contributed by atoms with van der Waals surface area (Å²) in [6.45, 7) is 0.560. The lowest BCUT2D eigenvalue weighted by molar-refractivity contribution is 0.625. The maximum atomic E-state index is 13.2. The third-order valence-electron chi connectivity index (χ3n) is 3.09. The maximum Gasteiger partial charge on any atom is 0.123 e. The first-order valence-electron chi connectivity index (χ1n) is 6.25. The summed E-state index contributed by atoms with van der Waals surface area (Å²) < 4.78 is 14.1. The van der Waals surface area contributed by atoms with Crippen molar-refractivity contribution in [3.05, 3.63) is 70.6 Å². The molecular weight excluding hydrogens is 319 g/mol. The zero-order valence-corrected chi connectivity index (χ0v) is 12.2. The third kappa shape index (κ3) is 2.80. The van der Waals surface area contributed by atoms with Gasteiger partial charge in [-0.3, -0.25) is 4.98 Å². The van der Waals surface area contributed by atoms with Gasteiger partial charge in [-0.25, -0.2) is 4.39 Å². The van der Waals surface area contributed by atoms with Gasteiger partial charge in [0, 0.05) is 28.3 Å². The van der Waals surface area contributed by atoms with Crippen LogP contribution in [-0.4, -0.2) is 4.98 Å². The number of hydrogen-bond donors (Lipinski definition) is 1. The highest BCUT2D eigenvalue weighted by Gasteiger charge is 2.02. The number of nitrogens with one attached hydrogen (secondary N) is 1. The van der Waals surface area contributed by atoms with Crippen LogP contribution in [0.25, 0.3) is 10.9 Å². The fraction of sp³-hybridized carbons (Fsp3) is 0.0625. The lowest BCUT2D eigenvalue weighted by Crippen LogP contribution is -2.00. The van der Waals surface area contributed by atoms with Crippen LogP contribution in [0.3, 0.4) is 0 Å². The second kappa shape index (κ2) is 5.59. The molecule has 0 aliphatic rings. The van der Waals surface area contributed by atoms with Gasteiger partial charge in [0.05, 0.1) is 5.52 Å². The molecule has 20 heavy (non-hydrogen) atoms. The van der Waals surface area contributed by atoms with Gasteiger partial charge in [-0.2, -0.15) is 0 Å². The number of nitrogens with zero attached hydrogens (tertiary/aromatic N) is 1. The van der Waals surface area contributed by atoms with Crippen molar-refractivity contribution in [2.75, 3.05) is 5.32 Å². The Bertz CT molecular complexity index is 758. The second-order valence-corrected chi connectivity index (χ2v) is 5.35. The van der Waals surface area contributed by atoms with Crippen molar-refractivity contribution in [2.45, 2.75) is 6.54 Å². The van der Waals surface area contributed by atoms with Gasteiger partial charge in [0.2, 0.25) is 0 Å². The average Bonchev–Trinajstić information content (AvgIpc) is 2.48. The molecule has 0 spiro atoms. The summed E-state index contributed by atoms with van der Waals surface area (Å²) in [5.74, 6) is -0.229. The standard InChI is InChI=1S/C16H12BrFN2/c17-15-5-3-13(18)8-12(15)10-20-14-4-6-16-11(9-14)2-1-7-19-16/h1-9,20H,10H2. The van der Waals surface area contributed by atoms with Crippen LogP contribution in [0, 0.1) is 5.82 Å². The number of aromatic nitrogens is 1. The molecule has 0 radical (unpaired) electrons. The monoisotopic (exact) mass is 330 g/mol. The minimum absolute atomic E-state index is 0.229. The fourth-order valence-corrected chi connectivity index (χ4v) is 2.45. The Morgan fingerprint density at radius 1 is 1.10 bits per heavy atom. The van der Waals surface area contributed by atoms with Crippen LogP contribution < -0.4 is 5.32 Å². The molecule has 2 nitrogen and oxygen atoms in total. The van der Waals surface area contributed by atoms with Gasteiger partial charge in [-0.05, 0) is 48.0 Å². The van der Waals surface area contributed by atoms with Crippen LogP contribution in [0.2, 0.25) is 0 Å². The first-order valence-corrected chi connectivity index (χ1v) is 7.04. The van der Waals surface area contributed by atoms with Crippen LogP contribution in [0.4, 0.5) is 10.1 Å². The molecule has 0 atom stereocenters. The van der Waals surface area contributed by atoms with Gasteiger partial charge in [-0.15, -0.1) is 0 Å². The number of hydrogen-bond acceptors (Lipinski definition) is 2. The van der Waals surface area contributed by atoms with Crippen molar-refractivity contribution < 1.29 is 4.39 Å². The Balaban J connectivity index is 1.81. The Morgan fingerprint density at radius 3 is 2.90 bits per heavy atom. The summed E-state index contributed by atoms with van der Waals surface area (Å²) in [5, 5.41) is 4.38. The molecule has 3 aromatic rings. The predicted molar refractivity (Wildman–Crippen MR) is 83.2 cm³/mol. The number of benzene rings is 2. The number of rotatable bonds is 3. The largest absolute Gasteiger partial charge is 0.381 e. The predicted octanol–water partition coefficient (Wildman–Crippen LogP) is 4.75. The third-order valence-corrected chi connectivity index (χ3v) is 3.87. The van der Waals surface area contributed by atoms with E-state index in [1.54, 1.807) is 12.3 Å². The topological polar surface area (TPSA) is 24.9 Å². The van der Waals surface area contributed by atoms with E-state index in [4.69, 9.17) is 0 Å². The number of fused-ring (bicyclic) bond motifs is 1. The highest BCUT2D eigenvalue weighted by Crippen LogP contribution is 2.21. The Hall–Kier alpha value is -1.94. The molecule has 1 heterocycles. The van der Waals surface area contributed by atoms with Gasteiger partial charge >= 0.3 is 0 Å². The van der Waals surface area contributed by atoms with Crippen LogP contribution in [0.5, 0.6) is 0 Å². The van der Waals surface area contributed by atoms with Crippen LogP contribution in [0.1, 0.15) is 5.56 Å². The molecule has 4 heteroatoms. The lowest BCUT2D eigenvalue weighted by Gasteiger charge is -2.09. The molecule has 3 rings (SSSR count). The number of pyridine rings is 1. The molecule has 0 aliphatic heterocycles. The van der Waals surface area contributed by atoms with Crippen LogP contribution in [-0.2, 0) is 6.54 Å². The molecular formula is C16H12BrFN2. The highest BCUT2D eigenvalue weighted by atomic mass is 79.9. The van der Waals surface area contributed by atoms with E-state index in [1.165, 1.54) is 12.1 Å². The average molecular weight is 331 g/mol. The summed E-state index contributed by atoms with van der Waals surface area (Å²) in [6, 6.07) is 14.6. The van der Waals surface area contributed by atoms with Gasteiger partial charge in [-0.1, -0.05) is 22.0 Å². The number of halogens is 2. The van der Waals surface area contributed by atoms with Crippen LogP contribution in [0.15, 0.2) is 59.2 Å². The van der Waals surface area contributed by atoms with E-state index < -0.39 is 0 Å². The fourth-order valence-electron chi connectivity index (χ4n) is 2.06. The summed E-state index contributed by atoms with van der Waals surface area (Å²) >= 11 is 3.43. The van der Waals surface area contributed by atoms with E-state index in [2.05, 4.69) is 26.2 Å². The van der Waals surface area contributed by atoms with Crippen LogP contribution >= 0.6 is 15.9 Å². The van der Waals surface area contributed by atoms with Crippen molar-refractivity contribution in [2.24, 2.45) is 0 Å². The molecule has 0 amide bonds. The Labute approximate surface area is 124 Å². The highest BCUT2D eigenvalue weighted by molar-refractivity contribution is 9.10. The van der Waals surface area contributed by atoms with E-state index >= 15 is 0 Å². The van der Waals surface area contributed by atoms with Crippen molar-refractivity contribution in [1.82, 2.24) is 4.98 Å². The summed E-state index contributed by atoms with van der Waals surface area (Å²) in [6.07, 6.45) is 1.78. The SMILES string of the molecule is Fc1ccc(Br)c(CNc2ccc3ncccc3c2)c1. The van der Waals surface area contributed by atoms with Crippen molar-refractivity contribution in [1.29, 1.82) is 0 Å². The second-order valence-electron chi connectivity index (χ2n) is 4.50. The Morgan fingerprint density at radius 2 is 2.00 bits per heavy atom. The first-order chi connectivity index (χ1) is 9.72. The van der Waals surface area contributed by atoms with E-state index in [0.29, 0.717) is 6.54 Å². The number of anilines is 1. The zero-order chi connectivity index (χ0) is 13.9. The maximum absolute atomic E-state index is 13.2. The van der Waals surface area contributed by atoms with Gasteiger partial charge in [0.1, 0.15) is 5.82 Å². The lowest BCUT2D eigenvalue weighted by atomic mass is 10.2. The first kappa shape index (κ1) is 13.1. The normalized spacial score (nSPS) is 10.7. The molecule has 0 saturated carbocycles. The summed E-state index contributed by atoms with van der Waals surface area (Å²) in [5.41, 5.74) is 2.84. The van der Waals surface area contributed by atoms with E-state index in [0.717, 1.165) is 26.6 Å². The van der Waals surface area contributed by atoms with Crippen molar-refractivity contribution in [3.63, 3.8) is 0 Å². The molecule has 1 N–H and O–H groups in total. The molecule has 1 aromatic heterocycles. The van der Waals surface area contributed by atoms with Gasteiger partial charge in [0.25, 0.3) is 0 Å². The van der Waals surface area contributed by atoms with Crippen molar-refractivity contribution in [3.8, 4) is 0 Å².